The summed E-state index contributed by atoms with van der Waals surface area (Å²) in [6, 6.07) is 0.0409. The molecular formula is C13H29NO2S. The first kappa shape index (κ1) is 16.9. The van der Waals surface area contributed by atoms with Gasteiger partial charge in [0.2, 0.25) is 0 Å². The summed E-state index contributed by atoms with van der Waals surface area (Å²) in [5.74, 6) is 0. The first-order valence-corrected chi connectivity index (χ1v) is 8.53. The van der Waals surface area contributed by atoms with Crippen molar-refractivity contribution in [1.82, 2.24) is 5.32 Å². The first-order valence-electron chi connectivity index (χ1n) is 6.64. The van der Waals surface area contributed by atoms with Gasteiger partial charge in [-0.15, -0.1) is 0 Å². The highest BCUT2D eigenvalue weighted by Crippen LogP contribution is 2.24. The van der Waals surface area contributed by atoms with E-state index in [1.807, 2.05) is 20.9 Å². The van der Waals surface area contributed by atoms with E-state index >= 15 is 0 Å². The van der Waals surface area contributed by atoms with Gasteiger partial charge in [-0.05, 0) is 27.3 Å². The molecule has 1 N–H and O–H groups in total. The van der Waals surface area contributed by atoms with Crippen molar-refractivity contribution in [2.75, 3.05) is 13.3 Å². The van der Waals surface area contributed by atoms with Crippen LogP contribution >= 0.6 is 0 Å². The van der Waals surface area contributed by atoms with Gasteiger partial charge in [-0.25, -0.2) is 8.42 Å². The van der Waals surface area contributed by atoms with Gasteiger partial charge < -0.3 is 5.32 Å². The topological polar surface area (TPSA) is 46.2 Å². The molecule has 3 nitrogen and oxygen atoms in total. The van der Waals surface area contributed by atoms with Crippen LogP contribution in [-0.2, 0) is 9.84 Å². The molecule has 0 rings (SSSR count). The minimum Gasteiger partial charge on any atom is -0.315 e. The fourth-order valence-electron chi connectivity index (χ4n) is 2.05. The van der Waals surface area contributed by atoms with Crippen LogP contribution in [0, 0.1) is 0 Å². The fourth-order valence-corrected chi connectivity index (χ4v) is 2.80. The molecule has 1 atom stereocenters. The Morgan fingerprint density at radius 3 is 2.06 bits per heavy atom. The molecule has 0 aliphatic rings. The molecule has 0 aromatic heterocycles. The number of nitrogens with one attached hydrogen (secondary N) is 1. The molecule has 0 aromatic rings. The summed E-state index contributed by atoms with van der Waals surface area (Å²) in [6.07, 6.45) is 8.33. The molecule has 0 radical (unpaired) electrons. The monoisotopic (exact) mass is 263 g/mol. The molecule has 4 heteroatoms. The van der Waals surface area contributed by atoms with Crippen molar-refractivity contribution in [3.8, 4) is 0 Å². The molecule has 0 aliphatic heterocycles. The van der Waals surface area contributed by atoms with Gasteiger partial charge in [-0.2, -0.15) is 0 Å². The van der Waals surface area contributed by atoms with Gasteiger partial charge in [0.25, 0.3) is 0 Å². The van der Waals surface area contributed by atoms with Crippen LogP contribution < -0.4 is 5.32 Å². The highest BCUT2D eigenvalue weighted by Gasteiger charge is 2.37. The highest BCUT2D eigenvalue weighted by atomic mass is 32.2. The Balaban J connectivity index is 4.25. The van der Waals surface area contributed by atoms with Crippen molar-refractivity contribution in [2.45, 2.75) is 70.1 Å². The third-order valence-corrected chi connectivity index (χ3v) is 5.94. The Morgan fingerprint density at radius 1 is 1.12 bits per heavy atom. The van der Waals surface area contributed by atoms with Crippen molar-refractivity contribution in [1.29, 1.82) is 0 Å². The Kier molecular flexibility index (Phi) is 7.33. The zero-order chi connectivity index (χ0) is 13.5. The summed E-state index contributed by atoms with van der Waals surface area (Å²) in [7, 11) is -1.17. The summed E-state index contributed by atoms with van der Waals surface area (Å²) in [4.78, 5) is 0. The second kappa shape index (κ2) is 7.37. The van der Waals surface area contributed by atoms with Crippen molar-refractivity contribution < 1.29 is 8.42 Å². The lowest BCUT2D eigenvalue weighted by Crippen LogP contribution is -2.50. The van der Waals surface area contributed by atoms with Crippen molar-refractivity contribution in [3.63, 3.8) is 0 Å². The third kappa shape index (κ3) is 5.38. The molecule has 0 amide bonds. The Hall–Kier alpha value is -0.0900. The number of hydrogen-bond donors (Lipinski definition) is 1. The van der Waals surface area contributed by atoms with Gasteiger partial charge in [0.15, 0.2) is 9.84 Å². The van der Waals surface area contributed by atoms with Gasteiger partial charge in [-0.1, -0.05) is 39.0 Å². The summed E-state index contributed by atoms with van der Waals surface area (Å²) in [5, 5.41) is 3.16. The molecule has 0 bridgehead atoms. The summed E-state index contributed by atoms with van der Waals surface area (Å²) < 4.78 is 22.8. The predicted molar refractivity (Wildman–Crippen MR) is 75.1 cm³/mol. The van der Waals surface area contributed by atoms with E-state index in [9.17, 15) is 8.42 Å². The van der Waals surface area contributed by atoms with Crippen LogP contribution in [0.25, 0.3) is 0 Å². The van der Waals surface area contributed by atoms with Crippen LogP contribution in [0.4, 0.5) is 0 Å². The molecular weight excluding hydrogens is 234 g/mol. The molecule has 0 saturated carbocycles. The molecule has 0 saturated heterocycles. The molecule has 0 fully saturated rings. The van der Waals surface area contributed by atoms with E-state index in [0.717, 1.165) is 12.8 Å². The van der Waals surface area contributed by atoms with E-state index < -0.39 is 14.6 Å². The standard InChI is InChI=1S/C13H29NO2S/c1-6-7-8-9-10-11-12(14-4)13(2,3)17(5,15)16/h12,14H,6-11H2,1-5H3. The van der Waals surface area contributed by atoms with E-state index in [0.29, 0.717) is 0 Å². The minimum absolute atomic E-state index is 0.0409. The third-order valence-electron chi connectivity index (χ3n) is 3.74. The maximum Gasteiger partial charge on any atom is 0.154 e. The summed E-state index contributed by atoms with van der Waals surface area (Å²) in [5.41, 5.74) is 0. The van der Waals surface area contributed by atoms with Crippen LogP contribution in [0.15, 0.2) is 0 Å². The summed E-state index contributed by atoms with van der Waals surface area (Å²) in [6.45, 7) is 5.83. The first-order chi connectivity index (χ1) is 7.77. The number of rotatable bonds is 9. The smallest absolute Gasteiger partial charge is 0.154 e. The van der Waals surface area contributed by atoms with Gasteiger partial charge >= 0.3 is 0 Å². The normalized spacial score (nSPS) is 14.9. The average Bonchev–Trinajstić information content (AvgIpc) is 2.21. The Bertz CT molecular complexity index is 297. The van der Waals surface area contributed by atoms with Crippen LogP contribution in [0.1, 0.15) is 59.3 Å². The molecule has 0 aliphatic carbocycles. The maximum absolute atomic E-state index is 11.7. The molecule has 17 heavy (non-hydrogen) atoms. The molecule has 1 unspecified atom stereocenters. The van der Waals surface area contributed by atoms with E-state index in [4.69, 9.17) is 0 Å². The second-order valence-corrected chi connectivity index (χ2v) is 8.02. The Labute approximate surface area is 107 Å². The highest BCUT2D eigenvalue weighted by molar-refractivity contribution is 7.92. The van der Waals surface area contributed by atoms with E-state index in [1.54, 1.807) is 0 Å². The van der Waals surface area contributed by atoms with Crippen LogP contribution in [0.2, 0.25) is 0 Å². The molecule has 0 aromatic carbocycles. The van der Waals surface area contributed by atoms with Crippen molar-refractivity contribution in [2.24, 2.45) is 0 Å². The summed E-state index contributed by atoms with van der Waals surface area (Å²) >= 11 is 0. The van der Waals surface area contributed by atoms with Gasteiger partial charge in [0.1, 0.15) is 0 Å². The van der Waals surface area contributed by atoms with E-state index in [1.165, 1.54) is 31.9 Å². The zero-order valence-electron chi connectivity index (χ0n) is 12.0. The van der Waals surface area contributed by atoms with Crippen molar-refractivity contribution in [3.05, 3.63) is 0 Å². The molecule has 0 spiro atoms. The lowest BCUT2D eigenvalue weighted by atomic mass is 9.96. The molecule has 104 valence electrons. The number of unbranched alkanes of at least 4 members (excludes halogenated alkanes) is 4. The van der Waals surface area contributed by atoms with E-state index in [-0.39, 0.29) is 6.04 Å². The van der Waals surface area contributed by atoms with Crippen LogP contribution in [-0.4, -0.2) is 32.5 Å². The lowest BCUT2D eigenvalue weighted by Gasteiger charge is -2.32. The second-order valence-electron chi connectivity index (χ2n) is 5.42. The largest absolute Gasteiger partial charge is 0.315 e. The van der Waals surface area contributed by atoms with Gasteiger partial charge in [0.05, 0.1) is 4.75 Å². The number of hydrogen-bond acceptors (Lipinski definition) is 3. The lowest BCUT2D eigenvalue weighted by molar-refractivity contribution is 0.396. The zero-order valence-corrected chi connectivity index (χ0v) is 12.9. The SMILES string of the molecule is CCCCCCCC(NC)C(C)(C)S(C)(=O)=O. The van der Waals surface area contributed by atoms with Gasteiger partial charge in [-0.3, -0.25) is 0 Å². The van der Waals surface area contributed by atoms with Crippen molar-refractivity contribution >= 4 is 9.84 Å². The number of sulfone groups is 1. The minimum atomic E-state index is -3.02. The Morgan fingerprint density at radius 2 is 1.65 bits per heavy atom. The van der Waals surface area contributed by atoms with Crippen LogP contribution in [0.5, 0.6) is 0 Å². The fraction of sp³-hybridized carbons (Fsp3) is 1.00. The van der Waals surface area contributed by atoms with Crippen LogP contribution in [0.3, 0.4) is 0 Å². The molecule has 0 heterocycles. The maximum atomic E-state index is 11.7. The van der Waals surface area contributed by atoms with Gasteiger partial charge in [0, 0.05) is 12.3 Å². The quantitative estimate of drug-likeness (QED) is 0.651. The predicted octanol–water partition coefficient (Wildman–Crippen LogP) is 2.76. The average molecular weight is 263 g/mol. The van der Waals surface area contributed by atoms with E-state index in [2.05, 4.69) is 12.2 Å².